The van der Waals surface area contributed by atoms with E-state index in [1.165, 1.54) is 0 Å². The van der Waals surface area contributed by atoms with Crippen molar-refractivity contribution in [1.29, 1.82) is 0 Å². The monoisotopic (exact) mass is 431 g/mol. The van der Waals surface area contributed by atoms with E-state index in [0.29, 0.717) is 49.6 Å². The molecule has 8 nitrogen and oxygen atoms in total. The van der Waals surface area contributed by atoms with Gasteiger partial charge in [-0.1, -0.05) is 11.2 Å². The van der Waals surface area contributed by atoms with Gasteiger partial charge in [0, 0.05) is 36.4 Å². The molecule has 4 atom stereocenters. The molecule has 9 heteroatoms. The highest BCUT2D eigenvalue weighted by Gasteiger charge is 2.63. The van der Waals surface area contributed by atoms with E-state index in [-0.39, 0.29) is 36.4 Å². The lowest BCUT2D eigenvalue weighted by atomic mass is 9.83. The van der Waals surface area contributed by atoms with E-state index < -0.39 is 5.60 Å². The standard InChI is InChI=1S/C21H25N3O5S/c1-12-19(13(2)29-22-12)20(27)24-8-17-15(9-25)16-7-23(10-21(16,11-24)28-17)18(26)6-14-4-3-5-30-14/h3-5,15-17,25H,6-11H2,1-2H3/t15-,16+,17+,21-/m0/s1. The average molecular weight is 432 g/mol. The van der Waals surface area contributed by atoms with Gasteiger partial charge < -0.3 is 24.2 Å². The van der Waals surface area contributed by atoms with Crippen molar-refractivity contribution in [2.45, 2.75) is 32.0 Å². The molecular weight excluding hydrogens is 406 g/mol. The summed E-state index contributed by atoms with van der Waals surface area (Å²) in [7, 11) is 0. The number of aryl methyl sites for hydroxylation is 2. The van der Waals surface area contributed by atoms with E-state index in [1.54, 1.807) is 30.1 Å². The number of carbonyl (C=O) groups excluding carboxylic acids is 2. The summed E-state index contributed by atoms with van der Waals surface area (Å²) in [5.41, 5.74) is 0.437. The number of carbonyl (C=O) groups is 2. The van der Waals surface area contributed by atoms with E-state index >= 15 is 0 Å². The second kappa shape index (κ2) is 7.18. The first-order valence-corrected chi connectivity index (χ1v) is 11.1. The molecule has 2 aromatic heterocycles. The molecule has 3 fully saturated rings. The summed E-state index contributed by atoms with van der Waals surface area (Å²) in [6.45, 7) is 5.31. The van der Waals surface area contributed by atoms with E-state index in [9.17, 15) is 14.7 Å². The van der Waals surface area contributed by atoms with E-state index in [1.807, 2.05) is 22.4 Å². The van der Waals surface area contributed by atoms with Gasteiger partial charge in [-0.15, -0.1) is 11.3 Å². The van der Waals surface area contributed by atoms with Crippen LogP contribution in [0.4, 0.5) is 0 Å². The van der Waals surface area contributed by atoms with Crippen LogP contribution in [-0.2, 0) is 16.0 Å². The van der Waals surface area contributed by atoms with Crippen LogP contribution in [0.2, 0.25) is 0 Å². The number of amides is 2. The number of aliphatic hydroxyl groups excluding tert-OH is 1. The molecule has 2 bridgehead atoms. The Morgan fingerprint density at radius 2 is 2.10 bits per heavy atom. The Hall–Kier alpha value is -2.23. The number of fused-ring (bicyclic) bond motifs is 1. The van der Waals surface area contributed by atoms with Gasteiger partial charge in [0.2, 0.25) is 5.91 Å². The van der Waals surface area contributed by atoms with Gasteiger partial charge in [0.05, 0.1) is 31.3 Å². The van der Waals surface area contributed by atoms with Crippen molar-refractivity contribution in [2.75, 3.05) is 32.8 Å². The highest BCUT2D eigenvalue weighted by molar-refractivity contribution is 7.10. The van der Waals surface area contributed by atoms with Crippen molar-refractivity contribution in [3.63, 3.8) is 0 Å². The highest BCUT2D eigenvalue weighted by atomic mass is 32.1. The largest absolute Gasteiger partial charge is 0.396 e. The Kier molecular flexibility index (Phi) is 4.72. The van der Waals surface area contributed by atoms with Crippen molar-refractivity contribution in [3.8, 4) is 0 Å². The maximum Gasteiger partial charge on any atom is 0.259 e. The van der Waals surface area contributed by atoms with Crippen molar-refractivity contribution < 1.29 is 24.0 Å². The first-order chi connectivity index (χ1) is 14.4. The van der Waals surface area contributed by atoms with Crippen LogP contribution < -0.4 is 0 Å². The van der Waals surface area contributed by atoms with Crippen molar-refractivity contribution in [2.24, 2.45) is 11.8 Å². The van der Waals surface area contributed by atoms with E-state index in [4.69, 9.17) is 9.26 Å². The number of morpholine rings is 1. The lowest BCUT2D eigenvalue weighted by Gasteiger charge is -2.40. The van der Waals surface area contributed by atoms with Crippen LogP contribution in [0, 0.1) is 25.7 Å². The average Bonchev–Trinajstić information content (AvgIpc) is 3.45. The number of rotatable bonds is 4. The molecule has 1 N–H and O–H groups in total. The first-order valence-electron chi connectivity index (χ1n) is 10.2. The van der Waals surface area contributed by atoms with Gasteiger partial charge in [0.15, 0.2) is 0 Å². The van der Waals surface area contributed by atoms with Crippen LogP contribution in [0.25, 0.3) is 0 Å². The van der Waals surface area contributed by atoms with E-state index in [2.05, 4.69) is 5.16 Å². The van der Waals surface area contributed by atoms with Crippen LogP contribution >= 0.6 is 11.3 Å². The lowest BCUT2D eigenvalue weighted by molar-refractivity contribution is -0.135. The fraction of sp³-hybridized carbons (Fsp3) is 0.571. The summed E-state index contributed by atoms with van der Waals surface area (Å²) in [4.78, 5) is 30.8. The molecule has 0 saturated carbocycles. The van der Waals surface area contributed by atoms with Gasteiger partial charge >= 0.3 is 0 Å². The van der Waals surface area contributed by atoms with Gasteiger partial charge in [0.25, 0.3) is 5.91 Å². The molecule has 1 spiro atoms. The van der Waals surface area contributed by atoms with Crippen LogP contribution in [0.15, 0.2) is 22.0 Å². The minimum Gasteiger partial charge on any atom is -0.396 e. The number of hydrogen-bond donors (Lipinski definition) is 1. The van der Waals surface area contributed by atoms with Gasteiger partial charge in [-0.25, -0.2) is 0 Å². The lowest BCUT2D eigenvalue weighted by Crippen LogP contribution is -2.56. The van der Waals surface area contributed by atoms with Crippen LogP contribution in [0.3, 0.4) is 0 Å². The number of hydrogen-bond acceptors (Lipinski definition) is 7. The highest BCUT2D eigenvalue weighted by Crippen LogP contribution is 2.49. The Bertz CT molecular complexity index is 954. The molecule has 3 aliphatic heterocycles. The summed E-state index contributed by atoms with van der Waals surface area (Å²) in [6.07, 6.45) is 0.141. The first kappa shape index (κ1) is 19.7. The maximum absolute atomic E-state index is 13.3. The molecule has 3 saturated heterocycles. The molecule has 160 valence electrons. The zero-order valence-electron chi connectivity index (χ0n) is 17.0. The number of likely N-dealkylation sites (tertiary alicyclic amines) is 2. The molecule has 5 rings (SSSR count). The number of ether oxygens (including phenoxy) is 1. The van der Waals surface area contributed by atoms with Gasteiger partial charge in [-0.2, -0.15) is 0 Å². The second-order valence-corrected chi connectivity index (χ2v) is 9.62. The predicted octanol–water partition coefficient (Wildman–Crippen LogP) is 1.26. The molecular formula is C21H25N3O5S. The fourth-order valence-corrected chi connectivity index (χ4v) is 6.09. The fourth-order valence-electron chi connectivity index (χ4n) is 5.40. The second-order valence-electron chi connectivity index (χ2n) is 8.59. The summed E-state index contributed by atoms with van der Waals surface area (Å²) in [6, 6.07) is 3.91. The topological polar surface area (TPSA) is 96.1 Å². The van der Waals surface area contributed by atoms with Crippen molar-refractivity contribution >= 4 is 23.2 Å². The van der Waals surface area contributed by atoms with E-state index in [0.717, 1.165) is 4.88 Å². The van der Waals surface area contributed by atoms with Crippen LogP contribution in [0.5, 0.6) is 0 Å². The van der Waals surface area contributed by atoms with Crippen molar-refractivity contribution in [3.05, 3.63) is 39.4 Å². The van der Waals surface area contributed by atoms with Crippen LogP contribution in [-0.4, -0.2) is 76.4 Å². The summed E-state index contributed by atoms with van der Waals surface area (Å²) in [5, 5.41) is 15.9. The smallest absolute Gasteiger partial charge is 0.259 e. The van der Waals surface area contributed by atoms with Gasteiger partial charge in [-0.05, 0) is 25.3 Å². The predicted molar refractivity (Wildman–Crippen MR) is 108 cm³/mol. The maximum atomic E-state index is 13.3. The summed E-state index contributed by atoms with van der Waals surface area (Å²) < 4.78 is 11.6. The SMILES string of the molecule is Cc1noc(C)c1C(=O)N1C[C@H]2O[C@@]3(CN(C(=O)Cc4cccs4)C[C@@H]3[C@@H]2CO)C1. The molecule has 0 aliphatic carbocycles. The number of thiophene rings is 1. The minimum absolute atomic E-state index is 0.0160. The Labute approximate surface area is 178 Å². The number of aliphatic hydroxyl groups is 1. The molecule has 2 amide bonds. The zero-order chi connectivity index (χ0) is 21.0. The Balaban J connectivity index is 1.39. The zero-order valence-corrected chi connectivity index (χ0v) is 17.9. The summed E-state index contributed by atoms with van der Waals surface area (Å²) >= 11 is 1.57. The molecule has 3 aliphatic rings. The van der Waals surface area contributed by atoms with Crippen molar-refractivity contribution in [1.82, 2.24) is 15.0 Å². The molecule has 0 radical (unpaired) electrons. The van der Waals surface area contributed by atoms with Crippen LogP contribution in [0.1, 0.15) is 26.7 Å². The number of nitrogens with zero attached hydrogens (tertiary/aromatic N) is 3. The Morgan fingerprint density at radius 1 is 1.30 bits per heavy atom. The Morgan fingerprint density at radius 3 is 2.77 bits per heavy atom. The molecule has 2 aromatic rings. The molecule has 0 aromatic carbocycles. The molecule has 0 unspecified atom stereocenters. The quantitative estimate of drug-likeness (QED) is 0.783. The summed E-state index contributed by atoms with van der Waals surface area (Å²) in [5.74, 6) is 0.365. The third-order valence-corrected chi connectivity index (χ3v) is 7.67. The molecule has 5 heterocycles. The van der Waals surface area contributed by atoms with Gasteiger partial charge in [0.1, 0.15) is 16.9 Å². The number of aromatic nitrogens is 1. The third-order valence-electron chi connectivity index (χ3n) is 6.79. The molecule has 30 heavy (non-hydrogen) atoms. The third kappa shape index (κ3) is 2.99. The minimum atomic E-state index is -0.629. The van der Waals surface area contributed by atoms with Gasteiger partial charge in [-0.3, -0.25) is 9.59 Å². The normalized spacial score (nSPS) is 30.0.